The predicted molar refractivity (Wildman–Crippen MR) is 118 cm³/mol. The average molecular weight is 497 g/mol. The van der Waals surface area contributed by atoms with E-state index in [0.29, 0.717) is 16.9 Å². The third-order valence-electron chi connectivity index (χ3n) is 4.20. The van der Waals surface area contributed by atoms with Crippen molar-refractivity contribution in [3.8, 4) is 11.8 Å². The molecule has 32 heavy (non-hydrogen) atoms. The lowest BCUT2D eigenvalue weighted by molar-refractivity contribution is -0.384. The summed E-state index contributed by atoms with van der Waals surface area (Å²) in [5, 5.41) is 23.5. The van der Waals surface area contributed by atoms with Gasteiger partial charge in [0, 0.05) is 22.2 Å². The molecule has 0 atom stereocenters. The highest BCUT2D eigenvalue weighted by molar-refractivity contribution is 9.10. The lowest BCUT2D eigenvalue weighted by Gasteiger charge is -2.10. The smallest absolute Gasteiger partial charge is 0.274 e. The topological polar surface area (TPSA) is 118 Å². The van der Waals surface area contributed by atoms with Gasteiger partial charge in [-0.3, -0.25) is 14.9 Å². The second-order valence-corrected chi connectivity index (χ2v) is 7.32. The molecule has 0 saturated heterocycles. The zero-order valence-electron chi connectivity index (χ0n) is 16.3. The molecule has 0 fully saturated rings. The molecule has 0 unspecified atom stereocenters. The maximum Gasteiger partial charge on any atom is 0.274 e. The molecule has 0 aromatic heterocycles. The molecule has 1 N–H and O–H groups in total. The maximum atomic E-state index is 14.0. The third kappa shape index (κ3) is 5.74. The largest absolute Gasteiger partial charge is 0.488 e. The van der Waals surface area contributed by atoms with Crippen LogP contribution >= 0.6 is 15.9 Å². The van der Waals surface area contributed by atoms with Gasteiger partial charge in [-0.15, -0.1) is 0 Å². The number of nitriles is 1. The molecule has 0 spiro atoms. The number of non-ortho nitro benzene ring substituents is 1. The Balaban J connectivity index is 1.71. The molecule has 160 valence electrons. The molecule has 0 aliphatic carbocycles. The van der Waals surface area contributed by atoms with Gasteiger partial charge < -0.3 is 4.74 Å². The van der Waals surface area contributed by atoms with E-state index < -0.39 is 16.6 Å². The van der Waals surface area contributed by atoms with Gasteiger partial charge in [0.1, 0.15) is 18.2 Å². The number of hydrazone groups is 1. The highest BCUT2D eigenvalue weighted by Gasteiger charge is 2.12. The van der Waals surface area contributed by atoms with E-state index in [1.165, 1.54) is 30.5 Å². The van der Waals surface area contributed by atoms with Crippen molar-refractivity contribution in [3.05, 3.63) is 103 Å². The van der Waals surface area contributed by atoms with Gasteiger partial charge in [-0.25, -0.2) is 9.82 Å². The van der Waals surface area contributed by atoms with Crippen molar-refractivity contribution in [2.75, 3.05) is 0 Å². The molecule has 3 rings (SSSR count). The zero-order valence-corrected chi connectivity index (χ0v) is 17.9. The van der Waals surface area contributed by atoms with Crippen LogP contribution in [0.5, 0.6) is 5.75 Å². The Labute approximate surface area is 190 Å². The van der Waals surface area contributed by atoms with Crippen molar-refractivity contribution in [1.82, 2.24) is 5.43 Å². The standard InChI is InChI=1S/C22H14BrFN4O4/c23-17-5-7-21(32-13-15-2-1-3-18(8-15)28(30)31)16(10-17)12-26-27-22(29)19-6-4-14(11-25)9-20(19)24/h1-10,12H,13H2,(H,27,29)/b26-12-. The van der Waals surface area contributed by atoms with Gasteiger partial charge in [-0.2, -0.15) is 10.4 Å². The number of nitrogens with one attached hydrogen (secondary N) is 1. The van der Waals surface area contributed by atoms with Crippen molar-refractivity contribution in [1.29, 1.82) is 5.26 Å². The van der Waals surface area contributed by atoms with Gasteiger partial charge in [0.15, 0.2) is 0 Å². The predicted octanol–water partition coefficient (Wildman–Crippen LogP) is 4.71. The van der Waals surface area contributed by atoms with Crippen molar-refractivity contribution >= 4 is 33.7 Å². The number of halogens is 2. The monoisotopic (exact) mass is 496 g/mol. The molecule has 3 aromatic carbocycles. The summed E-state index contributed by atoms with van der Waals surface area (Å²) in [5.74, 6) is -1.19. The van der Waals surface area contributed by atoms with E-state index in [2.05, 4.69) is 26.5 Å². The quantitative estimate of drug-likeness (QED) is 0.288. The number of nitrogens with zero attached hydrogens (tertiary/aromatic N) is 3. The van der Waals surface area contributed by atoms with E-state index in [1.807, 2.05) is 0 Å². The summed E-state index contributed by atoms with van der Waals surface area (Å²) in [6.45, 7) is 0.0764. The molecular formula is C22H14BrFN4O4. The molecule has 0 aliphatic heterocycles. The average Bonchev–Trinajstić information content (AvgIpc) is 2.78. The third-order valence-corrected chi connectivity index (χ3v) is 4.69. The summed E-state index contributed by atoms with van der Waals surface area (Å²) in [7, 11) is 0. The molecule has 10 heteroatoms. The van der Waals surface area contributed by atoms with Crippen LogP contribution in [0.3, 0.4) is 0 Å². The van der Waals surface area contributed by atoms with E-state index >= 15 is 0 Å². The van der Waals surface area contributed by atoms with Crippen LogP contribution in [0.1, 0.15) is 27.0 Å². The van der Waals surface area contributed by atoms with Crippen LogP contribution in [-0.2, 0) is 6.61 Å². The first kappa shape index (κ1) is 22.6. The summed E-state index contributed by atoms with van der Waals surface area (Å²) in [6, 6.07) is 16.5. The van der Waals surface area contributed by atoms with Crippen LogP contribution < -0.4 is 10.2 Å². The fourth-order valence-electron chi connectivity index (χ4n) is 2.66. The molecule has 0 aliphatic rings. The molecule has 1 amide bonds. The van der Waals surface area contributed by atoms with Crippen LogP contribution in [-0.4, -0.2) is 17.0 Å². The molecule has 0 bridgehead atoms. The number of nitro groups is 1. The van der Waals surface area contributed by atoms with Crippen molar-refractivity contribution in [2.45, 2.75) is 6.61 Å². The number of ether oxygens (including phenoxy) is 1. The normalized spacial score (nSPS) is 10.5. The van der Waals surface area contributed by atoms with E-state index in [-0.39, 0.29) is 23.4 Å². The van der Waals surface area contributed by atoms with Gasteiger partial charge in [0.2, 0.25) is 0 Å². The van der Waals surface area contributed by atoms with Crippen molar-refractivity contribution < 1.29 is 18.8 Å². The number of hydrogen-bond acceptors (Lipinski definition) is 6. The highest BCUT2D eigenvalue weighted by Crippen LogP contribution is 2.23. The van der Waals surface area contributed by atoms with Crippen LogP contribution in [0.4, 0.5) is 10.1 Å². The Morgan fingerprint density at radius 1 is 1.25 bits per heavy atom. The summed E-state index contributed by atoms with van der Waals surface area (Å²) >= 11 is 3.34. The molecule has 0 radical (unpaired) electrons. The summed E-state index contributed by atoms with van der Waals surface area (Å²) < 4.78 is 20.5. The fourth-order valence-corrected chi connectivity index (χ4v) is 3.04. The number of carbonyl (C=O) groups is 1. The van der Waals surface area contributed by atoms with Crippen molar-refractivity contribution in [2.24, 2.45) is 5.10 Å². The molecule has 0 saturated carbocycles. The van der Waals surface area contributed by atoms with Gasteiger partial charge in [0.25, 0.3) is 11.6 Å². The number of rotatable bonds is 7. The SMILES string of the molecule is N#Cc1ccc(C(=O)N/N=C\c2cc(Br)ccc2OCc2cccc([N+](=O)[O-])c2)c(F)c1. The maximum absolute atomic E-state index is 14.0. The van der Waals surface area contributed by atoms with E-state index in [0.717, 1.165) is 10.5 Å². The van der Waals surface area contributed by atoms with Crippen molar-refractivity contribution in [3.63, 3.8) is 0 Å². The number of nitro benzene ring substituents is 1. The van der Waals surface area contributed by atoms with Gasteiger partial charge in [0.05, 0.1) is 28.3 Å². The summed E-state index contributed by atoms with van der Waals surface area (Å²) in [4.78, 5) is 22.6. The minimum atomic E-state index is -0.833. The lowest BCUT2D eigenvalue weighted by atomic mass is 10.1. The number of carbonyl (C=O) groups excluding carboxylic acids is 1. The Kier molecular flexibility index (Phi) is 7.25. The van der Waals surface area contributed by atoms with Gasteiger partial charge in [-0.1, -0.05) is 28.1 Å². The molecular weight excluding hydrogens is 483 g/mol. The lowest BCUT2D eigenvalue weighted by Crippen LogP contribution is -2.19. The first-order valence-corrected chi connectivity index (χ1v) is 9.85. The minimum Gasteiger partial charge on any atom is -0.488 e. The van der Waals surface area contributed by atoms with Crippen LogP contribution in [0.25, 0.3) is 0 Å². The minimum absolute atomic E-state index is 0.0403. The zero-order chi connectivity index (χ0) is 23.1. The number of benzene rings is 3. The Bertz CT molecular complexity index is 1260. The summed E-state index contributed by atoms with van der Waals surface area (Å²) in [5.41, 5.74) is 3.15. The van der Waals surface area contributed by atoms with E-state index in [4.69, 9.17) is 10.00 Å². The molecule has 8 nitrogen and oxygen atoms in total. The van der Waals surface area contributed by atoms with E-state index in [9.17, 15) is 19.3 Å². The van der Waals surface area contributed by atoms with Gasteiger partial charge >= 0.3 is 0 Å². The second-order valence-electron chi connectivity index (χ2n) is 6.40. The Morgan fingerprint density at radius 3 is 2.78 bits per heavy atom. The van der Waals surface area contributed by atoms with Crippen LogP contribution in [0.15, 0.2) is 70.2 Å². The van der Waals surface area contributed by atoms with Crippen LogP contribution in [0.2, 0.25) is 0 Å². The first-order chi connectivity index (χ1) is 15.4. The van der Waals surface area contributed by atoms with Crippen LogP contribution in [0, 0.1) is 27.3 Å². The second kappa shape index (κ2) is 10.3. The molecule has 3 aromatic rings. The molecule has 0 heterocycles. The summed E-state index contributed by atoms with van der Waals surface area (Å²) in [6.07, 6.45) is 1.33. The first-order valence-electron chi connectivity index (χ1n) is 9.06. The van der Waals surface area contributed by atoms with E-state index in [1.54, 1.807) is 36.4 Å². The highest BCUT2D eigenvalue weighted by atomic mass is 79.9. The number of hydrogen-bond donors (Lipinski definition) is 1. The van der Waals surface area contributed by atoms with Gasteiger partial charge in [-0.05, 0) is 42.0 Å². The fraction of sp³-hybridized carbons (Fsp3) is 0.0455. The Morgan fingerprint density at radius 2 is 2.06 bits per heavy atom. The Hall–Kier alpha value is -4.10. The number of amides is 1.